The van der Waals surface area contributed by atoms with Crippen LogP contribution in [-0.2, 0) is 23.9 Å². The predicted molar refractivity (Wildman–Crippen MR) is 204 cm³/mol. The van der Waals surface area contributed by atoms with Crippen LogP contribution in [0.15, 0.2) is 121 Å². The summed E-state index contributed by atoms with van der Waals surface area (Å²) in [6.45, 7) is 3.62. The number of ether oxygens (including phenoxy) is 2. The Balaban J connectivity index is 0.000000130. The molecule has 0 spiro atoms. The molecule has 0 aliphatic carbocycles. The van der Waals surface area contributed by atoms with E-state index in [-0.39, 0.29) is 31.6 Å². The van der Waals surface area contributed by atoms with Crippen molar-refractivity contribution >= 4 is 88.4 Å². The molecule has 250 valence electrons. The van der Waals surface area contributed by atoms with E-state index in [0.29, 0.717) is 12.8 Å². The Kier molecular flexibility index (Phi) is 10.6. The van der Waals surface area contributed by atoms with Gasteiger partial charge in [-0.2, -0.15) is 0 Å². The largest absolute Gasteiger partial charge is 0.412 e. The van der Waals surface area contributed by atoms with Crippen molar-refractivity contribution in [2.75, 3.05) is 0 Å². The molecule has 0 atom stereocenters. The summed E-state index contributed by atoms with van der Waals surface area (Å²) in [5, 5.41) is 23.6. The Labute approximate surface area is 290 Å². The van der Waals surface area contributed by atoms with Gasteiger partial charge in [0.1, 0.15) is 0 Å². The van der Waals surface area contributed by atoms with E-state index in [0.717, 1.165) is 0 Å². The zero-order chi connectivity index (χ0) is 35.0. The SMILES string of the molecule is CCCC(=O)OC(=N)CCC(=O)OC(=O)CCC.c1cc2ccc3cccc4ccc(c1)c2c34.c1cc2ccc3cccc4ccc(c1)c2c34. The molecule has 0 saturated heterocycles. The van der Waals surface area contributed by atoms with Crippen LogP contribution in [0.1, 0.15) is 52.4 Å². The quantitative estimate of drug-likeness (QED) is 0.0603. The van der Waals surface area contributed by atoms with Crippen LogP contribution in [0.2, 0.25) is 0 Å². The Morgan fingerprint density at radius 3 is 0.940 bits per heavy atom. The summed E-state index contributed by atoms with van der Waals surface area (Å²) in [6, 6.07) is 43.7. The number of hydrogen-bond donors (Lipinski definition) is 1. The topological polar surface area (TPSA) is 93.5 Å². The summed E-state index contributed by atoms with van der Waals surface area (Å²) < 4.78 is 9.12. The Morgan fingerprint density at radius 1 is 0.400 bits per heavy atom. The number of carbonyl (C=O) groups is 3. The van der Waals surface area contributed by atoms with Crippen molar-refractivity contribution in [3.63, 3.8) is 0 Å². The highest BCUT2D eigenvalue weighted by molar-refractivity contribution is 6.23. The second-order valence-electron chi connectivity index (χ2n) is 12.3. The van der Waals surface area contributed by atoms with Crippen LogP contribution in [-0.4, -0.2) is 23.8 Å². The van der Waals surface area contributed by atoms with E-state index < -0.39 is 17.9 Å². The molecular weight excluding hydrogens is 622 g/mol. The molecule has 0 fully saturated rings. The molecule has 1 N–H and O–H groups in total. The number of benzene rings is 8. The molecule has 0 amide bonds. The molecule has 0 aliphatic heterocycles. The molecule has 50 heavy (non-hydrogen) atoms. The lowest BCUT2D eigenvalue weighted by Crippen LogP contribution is -2.16. The van der Waals surface area contributed by atoms with Gasteiger partial charge in [-0.25, -0.2) is 0 Å². The number of nitrogens with one attached hydrogen (secondary N) is 1. The lowest BCUT2D eigenvalue weighted by atomic mass is 9.95. The average molecular weight is 662 g/mol. The first-order chi connectivity index (χ1) is 24.4. The third kappa shape index (κ3) is 7.55. The fraction of sp³-hybridized carbons (Fsp3) is 0.182. The van der Waals surface area contributed by atoms with E-state index in [2.05, 4.69) is 131 Å². The molecule has 8 rings (SSSR count). The van der Waals surface area contributed by atoms with Crippen LogP contribution in [0, 0.1) is 5.41 Å². The van der Waals surface area contributed by atoms with E-state index in [9.17, 15) is 14.4 Å². The maximum Gasteiger partial charge on any atom is 0.313 e. The molecule has 8 aromatic carbocycles. The fourth-order valence-electron chi connectivity index (χ4n) is 6.43. The maximum absolute atomic E-state index is 11.2. The van der Waals surface area contributed by atoms with E-state index in [1.807, 2.05) is 6.92 Å². The van der Waals surface area contributed by atoms with Gasteiger partial charge in [0.05, 0.1) is 6.42 Å². The van der Waals surface area contributed by atoms with Gasteiger partial charge in [-0.3, -0.25) is 19.8 Å². The molecule has 8 aromatic rings. The standard InChI is InChI=1S/2C16H10.C12H19NO5/c2*1-3-11-7-9-13-5-2-6-14-10-8-12(4-1)15(11)16(13)14;1-3-5-10(14)17-9(13)7-8-12(16)18-11(15)6-4-2/h2*1-10H;13H,3-8H2,1-2H3. The molecule has 0 saturated carbocycles. The minimum Gasteiger partial charge on any atom is -0.412 e. The van der Waals surface area contributed by atoms with Crippen LogP contribution in [0.25, 0.3) is 64.6 Å². The molecule has 0 bridgehead atoms. The molecule has 0 aliphatic rings. The summed E-state index contributed by atoms with van der Waals surface area (Å²) in [7, 11) is 0. The van der Waals surface area contributed by atoms with Gasteiger partial charge in [-0.1, -0.05) is 135 Å². The number of esters is 3. The van der Waals surface area contributed by atoms with Crippen molar-refractivity contribution < 1.29 is 23.9 Å². The minimum atomic E-state index is -0.704. The summed E-state index contributed by atoms with van der Waals surface area (Å²) in [4.78, 5) is 33.2. The summed E-state index contributed by atoms with van der Waals surface area (Å²) >= 11 is 0. The normalized spacial score (nSPS) is 11.0. The number of carbonyl (C=O) groups excluding carboxylic acids is 3. The first kappa shape index (κ1) is 34.0. The summed E-state index contributed by atoms with van der Waals surface area (Å²) in [6.07, 6.45) is 1.48. The molecular formula is C44H39NO5. The first-order valence-electron chi connectivity index (χ1n) is 17.1. The molecule has 0 unspecified atom stereocenters. The van der Waals surface area contributed by atoms with Crippen LogP contribution >= 0.6 is 0 Å². The third-order valence-corrected chi connectivity index (χ3v) is 8.71. The van der Waals surface area contributed by atoms with E-state index >= 15 is 0 Å². The maximum atomic E-state index is 11.2. The van der Waals surface area contributed by atoms with E-state index in [1.165, 1.54) is 64.6 Å². The lowest BCUT2D eigenvalue weighted by molar-refractivity contribution is -0.159. The van der Waals surface area contributed by atoms with Gasteiger partial charge >= 0.3 is 17.9 Å². The van der Waals surface area contributed by atoms with Crippen molar-refractivity contribution in [3.8, 4) is 0 Å². The predicted octanol–water partition coefficient (Wildman–Crippen LogP) is 11.1. The van der Waals surface area contributed by atoms with Gasteiger partial charge < -0.3 is 9.47 Å². The van der Waals surface area contributed by atoms with Crippen LogP contribution in [0.3, 0.4) is 0 Å². The van der Waals surface area contributed by atoms with Gasteiger partial charge in [0.15, 0.2) is 5.90 Å². The number of hydrogen-bond acceptors (Lipinski definition) is 6. The van der Waals surface area contributed by atoms with Gasteiger partial charge in [0.25, 0.3) is 0 Å². The average Bonchev–Trinajstić information content (AvgIpc) is 3.13. The van der Waals surface area contributed by atoms with E-state index in [4.69, 9.17) is 5.41 Å². The Bertz CT molecular complexity index is 2010. The molecule has 6 nitrogen and oxygen atoms in total. The zero-order valence-corrected chi connectivity index (χ0v) is 28.3. The zero-order valence-electron chi connectivity index (χ0n) is 28.3. The van der Waals surface area contributed by atoms with Crippen molar-refractivity contribution in [2.45, 2.75) is 52.4 Å². The van der Waals surface area contributed by atoms with Crippen LogP contribution in [0.4, 0.5) is 0 Å². The van der Waals surface area contributed by atoms with Crippen molar-refractivity contribution in [1.82, 2.24) is 0 Å². The summed E-state index contributed by atoms with van der Waals surface area (Å²) in [5.41, 5.74) is 0. The highest BCUT2D eigenvalue weighted by Gasteiger charge is 2.13. The monoisotopic (exact) mass is 661 g/mol. The highest BCUT2D eigenvalue weighted by atomic mass is 16.6. The number of rotatable bonds is 7. The molecule has 0 radical (unpaired) electrons. The highest BCUT2D eigenvalue weighted by Crippen LogP contribution is 2.35. The van der Waals surface area contributed by atoms with Crippen molar-refractivity contribution in [1.29, 1.82) is 5.41 Å². The minimum absolute atomic E-state index is 0.0479. The lowest BCUT2D eigenvalue weighted by Gasteiger charge is -2.09. The molecule has 6 heteroatoms. The van der Waals surface area contributed by atoms with Gasteiger partial charge in [0.2, 0.25) is 0 Å². The van der Waals surface area contributed by atoms with Crippen LogP contribution in [0.5, 0.6) is 0 Å². The van der Waals surface area contributed by atoms with Crippen molar-refractivity contribution in [2.24, 2.45) is 0 Å². The van der Waals surface area contributed by atoms with Gasteiger partial charge in [-0.15, -0.1) is 0 Å². The van der Waals surface area contributed by atoms with E-state index in [1.54, 1.807) is 6.92 Å². The smallest absolute Gasteiger partial charge is 0.313 e. The second-order valence-corrected chi connectivity index (χ2v) is 12.3. The molecule has 0 aromatic heterocycles. The Morgan fingerprint density at radius 2 is 0.660 bits per heavy atom. The summed E-state index contributed by atoms with van der Waals surface area (Å²) in [5.74, 6) is -2.05. The fourth-order valence-corrected chi connectivity index (χ4v) is 6.43. The first-order valence-corrected chi connectivity index (χ1v) is 17.1. The van der Waals surface area contributed by atoms with Crippen LogP contribution < -0.4 is 0 Å². The Hall–Kier alpha value is -5.88. The molecule has 0 heterocycles. The third-order valence-electron chi connectivity index (χ3n) is 8.71. The van der Waals surface area contributed by atoms with Gasteiger partial charge in [0, 0.05) is 19.3 Å². The van der Waals surface area contributed by atoms with Gasteiger partial charge in [-0.05, 0) is 77.5 Å². The van der Waals surface area contributed by atoms with Crippen molar-refractivity contribution in [3.05, 3.63) is 121 Å². The second kappa shape index (κ2) is 15.6.